The Bertz CT molecular complexity index is 1590. The zero-order valence-corrected chi connectivity index (χ0v) is 25.1. The molecule has 2 aliphatic rings. The average molecular weight is 613 g/mol. The molecule has 3 aromatic carbocycles. The molecule has 5 rings (SSSR count). The van der Waals surface area contributed by atoms with E-state index in [-0.39, 0.29) is 54.6 Å². The van der Waals surface area contributed by atoms with Gasteiger partial charge in [0.25, 0.3) is 5.91 Å². The van der Waals surface area contributed by atoms with Crippen LogP contribution >= 0.6 is 0 Å². The lowest BCUT2D eigenvalue weighted by molar-refractivity contribution is -0.157. The van der Waals surface area contributed by atoms with Gasteiger partial charge < -0.3 is 30.6 Å². The zero-order chi connectivity index (χ0) is 32.3. The Labute approximate surface area is 260 Å². The first-order valence-corrected chi connectivity index (χ1v) is 14.8. The van der Waals surface area contributed by atoms with Crippen molar-refractivity contribution in [2.24, 2.45) is 5.92 Å². The number of benzene rings is 3. The third-order valence-electron chi connectivity index (χ3n) is 8.33. The van der Waals surface area contributed by atoms with Crippen molar-refractivity contribution in [2.45, 2.75) is 50.9 Å². The predicted molar refractivity (Wildman–Crippen MR) is 164 cm³/mol. The molecular weight excluding hydrogens is 576 g/mol. The van der Waals surface area contributed by atoms with Gasteiger partial charge in [-0.15, -0.1) is 0 Å². The molecule has 3 unspecified atom stereocenters. The van der Waals surface area contributed by atoms with E-state index in [1.165, 1.54) is 46.2 Å². The number of amides is 4. The van der Waals surface area contributed by atoms with E-state index in [4.69, 9.17) is 0 Å². The summed E-state index contributed by atoms with van der Waals surface area (Å²) < 4.78 is 0. The molecule has 3 aromatic rings. The summed E-state index contributed by atoms with van der Waals surface area (Å²) in [5.74, 6) is -2.73. The fourth-order valence-corrected chi connectivity index (χ4v) is 5.92. The van der Waals surface area contributed by atoms with Crippen molar-refractivity contribution < 1.29 is 34.2 Å². The molecule has 4 N–H and O–H groups in total. The molecule has 4 amide bonds. The van der Waals surface area contributed by atoms with Crippen LogP contribution in [-0.4, -0.2) is 80.3 Å². The highest BCUT2D eigenvalue weighted by Gasteiger charge is 2.60. The first-order valence-electron chi connectivity index (χ1n) is 14.8. The second-order valence-electron chi connectivity index (χ2n) is 12.0. The highest BCUT2D eigenvalue weighted by atomic mass is 16.4. The number of phenols is 1. The smallest absolute Gasteiger partial charge is 0.335 e. The Balaban J connectivity index is 1.51. The minimum atomic E-state index is -1.54. The molecule has 0 aromatic heterocycles. The van der Waals surface area contributed by atoms with E-state index in [1.54, 1.807) is 12.1 Å². The van der Waals surface area contributed by atoms with Gasteiger partial charge in [0, 0.05) is 31.5 Å². The fraction of sp³-hybridized carbons (Fsp3) is 0.324. The number of carboxylic acids is 1. The Morgan fingerprint density at radius 1 is 0.933 bits per heavy atom. The molecule has 1 spiro atoms. The maximum atomic E-state index is 14.3. The van der Waals surface area contributed by atoms with E-state index >= 15 is 0 Å². The van der Waals surface area contributed by atoms with Gasteiger partial charge in [-0.2, -0.15) is 0 Å². The van der Waals surface area contributed by atoms with E-state index < -0.39 is 41.3 Å². The number of phenolic OH excluding ortho intramolecular Hbond substituents is 1. The van der Waals surface area contributed by atoms with Crippen LogP contribution in [0, 0.1) is 5.92 Å². The first-order chi connectivity index (χ1) is 21.5. The van der Waals surface area contributed by atoms with E-state index in [0.29, 0.717) is 12.1 Å². The number of hydrogen-bond acceptors (Lipinski definition) is 6. The lowest BCUT2D eigenvalue weighted by atomic mass is 9.86. The van der Waals surface area contributed by atoms with Crippen LogP contribution in [0.5, 0.6) is 5.75 Å². The molecule has 2 heterocycles. The number of hydrogen-bond donors (Lipinski definition) is 4. The molecule has 0 radical (unpaired) electrons. The van der Waals surface area contributed by atoms with Crippen molar-refractivity contribution in [2.75, 3.05) is 13.1 Å². The zero-order valence-electron chi connectivity index (χ0n) is 25.1. The van der Waals surface area contributed by atoms with Crippen LogP contribution in [0.1, 0.15) is 52.1 Å². The fourth-order valence-electron chi connectivity index (χ4n) is 5.92. The van der Waals surface area contributed by atoms with Crippen molar-refractivity contribution in [1.82, 2.24) is 20.4 Å². The Kier molecular flexibility index (Phi) is 8.89. The van der Waals surface area contributed by atoms with Crippen molar-refractivity contribution in [3.63, 3.8) is 0 Å². The standard InChI is InChI=1S/C34H36N4O7/c1-21(2)18-35-29(40)28-17-34(20-37(28)30(41)24-12-14-26(39)15-13-24)33(45)36-27(16-22-8-10-25(11-9-22)32(43)44)31(42)38(34)19-23-6-4-3-5-7-23/h3-15,21,27-28,39H,16-20H2,1-2H3,(H,35,40)(H,36,45)(H,43,44). The number of nitrogens with one attached hydrogen (secondary N) is 2. The van der Waals surface area contributed by atoms with Gasteiger partial charge in [0.1, 0.15) is 23.4 Å². The van der Waals surface area contributed by atoms with Crippen LogP contribution < -0.4 is 10.6 Å². The molecule has 0 aliphatic carbocycles. The third-order valence-corrected chi connectivity index (χ3v) is 8.33. The summed E-state index contributed by atoms with van der Waals surface area (Å²) in [5, 5.41) is 24.8. The summed E-state index contributed by atoms with van der Waals surface area (Å²) in [6, 6.07) is 19.0. The SMILES string of the molecule is CC(C)CNC(=O)C1CC2(CN1C(=O)c1ccc(O)cc1)C(=O)NC(Cc1ccc(C(=O)O)cc1)C(=O)N2Cc1ccccc1. The molecule has 0 bridgehead atoms. The van der Waals surface area contributed by atoms with Crippen LogP contribution in [0.15, 0.2) is 78.9 Å². The number of carboxylic acid groups (broad SMARTS) is 1. The van der Waals surface area contributed by atoms with E-state index in [2.05, 4.69) is 10.6 Å². The first kappa shape index (κ1) is 31.2. The summed E-state index contributed by atoms with van der Waals surface area (Å²) in [6.45, 7) is 4.12. The van der Waals surface area contributed by atoms with Crippen LogP contribution in [0.2, 0.25) is 0 Å². The van der Waals surface area contributed by atoms with Crippen molar-refractivity contribution in [1.29, 1.82) is 0 Å². The maximum Gasteiger partial charge on any atom is 0.335 e. The highest BCUT2D eigenvalue weighted by Crippen LogP contribution is 2.38. The van der Waals surface area contributed by atoms with Gasteiger partial charge in [-0.1, -0.05) is 56.3 Å². The van der Waals surface area contributed by atoms with Gasteiger partial charge >= 0.3 is 5.97 Å². The highest BCUT2D eigenvalue weighted by molar-refractivity contribution is 6.04. The van der Waals surface area contributed by atoms with Crippen LogP contribution in [-0.2, 0) is 27.3 Å². The van der Waals surface area contributed by atoms with Crippen molar-refractivity contribution >= 4 is 29.6 Å². The minimum Gasteiger partial charge on any atom is -0.508 e. The number of rotatable bonds is 9. The largest absolute Gasteiger partial charge is 0.508 e. The topological polar surface area (TPSA) is 156 Å². The molecule has 3 atom stereocenters. The van der Waals surface area contributed by atoms with E-state index in [1.807, 2.05) is 44.2 Å². The summed E-state index contributed by atoms with van der Waals surface area (Å²) in [7, 11) is 0. The van der Waals surface area contributed by atoms with Gasteiger partial charge in [0.15, 0.2) is 0 Å². The number of carbonyl (C=O) groups is 5. The average Bonchev–Trinajstić information content (AvgIpc) is 3.43. The summed E-state index contributed by atoms with van der Waals surface area (Å²) in [5.41, 5.74) is 0.229. The Hall–Kier alpha value is -5.19. The number of aromatic hydroxyl groups is 1. The minimum absolute atomic E-state index is 0.0226. The molecule has 2 aliphatic heterocycles. The normalized spacial score (nSPS) is 21.2. The summed E-state index contributed by atoms with van der Waals surface area (Å²) in [6.07, 6.45) is 0.0193. The maximum absolute atomic E-state index is 14.3. The van der Waals surface area contributed by atoms with Gasteiger partial charge in [0.2, 0.25) is 17.7 Å². The lowest BCUT2D eigenvalue weighted by Gasteiger charge is -2.46. The van der Waals surface area contributed by atoms with E-state index in [0.717, 1.165) is 5.56 Å². The third kappa shape index (κ3) is 6.52. The number of likely N-dealkylation sites (tertiary alicyclic amines) is 1. The van der Waals surface area contributed by atoms with Crippen molar-refractivity contribution in [3.05, 3.63) is 101 Å². The van der Waals surface area contributed by atoms with Crippen molar-refractivity contribution in [3.8, 4) is 5.75 Å². The monoisotopic (exact) mass is 612 g/mol. The molecule has 45 heavy (non-hydrogen) atoms. The van der Waals surface area contributed by atoms with Gasteiger partial charge in [-0.25, -0.2) is 4.79 Å². The van der Waals surface area contributed by atoms with Crippen LogP contribution in [0.4, 0.5) is 0 Å². The van der Waals surface area contributed by atoms with Gasteiger partial charge in [0.05, 0.1) is 12.1 Å². The second-order valence-corrected chi connectivity index (χ2v) is 12.0. The molecule has 2 fully saturated rings. The summed E-state index contributed by atoms with van der Waals surface area (Å²) in [4.78, 5) is 70.1. The van der Waals surface area contributed by atoms with E-state index in [9.17, 15) is 34.2 Å². The second kappa shape index (κ2) is 12.8. The lowest BCUT2D eigenvalue weighted by Crippen LogP contribution is -2.71. The molecule has 234 valence electrons. The Morgan fingerprint density at radius 3 is 2.20 bits per heavy atom. The molecule has 2 saturated heterocycles. The van der Waals surface area contributed by atoms with Crippen LogP contribution in [0.3, 0.4) is 0 Å². The van der Waals surface area contributed by atoms with Gasteiger partial charge in [-0.3, -0.25) is 19.2 Å². The molecule has 11 heteroatoms. The Morgan fingerprint density at radius 2 is 1.58 bits per heavy atom. The number of nitrogens with zero attached hydrogens (tertiary/aromatic N) is 2. The molecule has 0 saturated carbocycles. The summed E-state index contributed by atoms with van der Waals surface area (Å²) >= 11 is 0. The predicted octanol–water partition coefficient (Wildman–Crippen LogP) is 2.59. The van der Waals surface area contributed by atoms with Crippen LogP contribution in [0.25, 0.3) is 0 Å². The van der Waals surface area contributed by atoms with Gasteiger partial charge in [-0.05, 0) is 53.4 Å². The molecule has 11 nitrogen and oxygen atoms in total. The quantitative estimate of drug-likeness (QED) is 0.289. The number of carbonyl (C=O) groups excluding carboxylic acids is 4. The number of aromatic carboxylic acids is 1. The number of piperazine rings is 1. The molecular formula is C34H36N4O7.